The summed E-state index contributed by atoms with van der Waals surface area (Å²) in [4.78, 5) is 12.0. The largest absolute Gasteiger partial charge is 0.384 e. The number of aliphatic hydroxyl groups is 1. The summed E-state index contributed by atoms with van der Waals surface area (Å²) in [6.07, 6.45) is 3.22. The van der Waals surface area contributed by atoms with Crippen molar-refractivity contribution < 1.29 is 19.0 Å². The molecule has 1 aromatic carbocycles. The van der Waals surface area contributed by atoms with Gasteiger partial charge in [-0.2, -0.15) is 0 Å². The van der Waals surface area contributed by atoms with E-state index in [1.54, 1.807) is 0 Å². The van der Waals surface area contributed by atoms with Gasteiger partial charge in [0.15, 0.2) is 0 Å². The number of carbonyl (C=O) groups is 1. The van der Waals surface area contributed by atoms with E-state index in [1.165, 1.54) is 18.2 Å². The van der Waals surface area contributed by atoms with Gasteiger partial charge < -0.3 is 15.2 Å². The van der Waals surface area contributed by atoms with Crippen molar-refractivity contribution in [1.82, 2.24) is 0 Å². The summed E-state index contributed by atoms with van der Waals surface area (Å²) in [5.41, 5.74) is 0.792. The van der Waals surface area contributed by atoms with E-state index in [9.17, 15) is 9.18 Å². The third-order valence-electron chi connectivity index (χ3n) is 3.24. The van der Waals surface area contributed by atoms with Gasteiger partial charge >= 0.3 is 0 Å². The van der Waals surface area contributed by atoms with Crippen LogP contribution in [0.4, 0.5) is 10.1 Å². The minimum absolute atomic E-state index is 0.0498. The molecule has 1 fully saturated rings. The van der Waals surface area contributed by atoms with E-state index in [1.807, 2.05) is 0 Å². The van der Waals surface area contributed by atoms with Crippen molar-refractivity contribution in [3.05, 3.63) is 29.6 Å². The molecular formula is C16H18FNO3. The molecule has 1 saturated heterocycles. The second-order valence-electron chi connectivity index (χ2n) is 4.89. The van der Waals surface area contributed by atoms with Crippen LogP contribution >= 0.6 is 0 Å². The van der Waals surface area contributed by atoms with E-state index in [2.05, 4.69) is 17.2 Å². The minimum atomic E-state index is -0.439. The van der Waals surface area contributed by atoms with Crippen LogP contribution in [0.5, 0.6) is 0 Å². The average molecular weight is 291 g/mol. The molecule has 0 radical (unpaired) electrons. The lowest BCUT2D eigenvalue weighted by Gasteiger charge is -2.22. The number of hydrogen-bond acceptors (Lipinski definition) is 3. The Kier molecular flexibility index (Phi) is 5.73. The summed E-state index contributed by atoms with van der Waals surface area (Å²) in [6, 6.07) is 3.96. The standard InChI is InChI=1S/C16H18FNO3/c17-13-6-7-15(12(10-13)4-3-8-19)18-16(20)11-14-5-1-2-9-21-14/h6-7,10,14,19H,1-2,5,8-9,11H2,(H,18,20). The highest BCUT2D eigenvalue weighted by molar-refractivity contribution is 5.92. The lowest BCUT2D eigenvalue weighted by atomic mass is 10.1. The van der Waals surface area contributed by atoms with Gasteiger partial charge in [-0.1, -0.05) is 11.8 Å². The maximum atomic E-state index is 13.2. The van der Waals surface area contributed by atoms with E-state index in [0.717, 1.165) is 19.3 Å². The Hall–Kier alpha value is -1.90. The Morgan fingerprint density at radius 1 is 1.48 bits per heavy atom. The van der Waals surface area contributed by atoms with Gasteiger partial charge in [0.05, 0.1) is 23.8 Å². The normalized spacial score (nSPS) is 17.7. The molecule has 0 aromatic heterocycles. The van der Waals surface area contributed by atoms with Crippen LogP contribution in [0.25, 0.3) is 0 Å². The van der Waals surface area contributed by atoms with Crippen LogP contribution < -0.4 is 5.32 Å². The Morgan fingerprint density at radius 2 is 2.33 bits per heavy atom. The van der Waals surface area contributed by atoms with Gasteiger partial charge in [-0.25, -0.2) is 4.39 Å². The molecule has 1 atom stereocenters. The van der Waals surface area contributed by atoms with Gasteiger partial charge in [0.2, 0.25) is 5.91 Å². The predicted octanol–water partition coefficient (Wildman–Crippen LogP) is 2.07. The molecule has 1 aliphatic heterocycles. The van der Waals surface area contributed by atoms with Crippen LogP contribution in [0.1, 0.15) is 31.2 Å². The molecule has 1 heterocycles. The van der Waals surface area contributed by atoms with Crippen LogP contribution in [0.15, 0.2) is 18.2 Å². The first kappa shape index (κ1) is 15.5. The lowest BCUT2D eigenvalue weighted by molar-refractivity contribution is -0.119. The van der Waals surface area contributed by atoms with Crippen molar-refractivity contribution in [2.75, 3.05) is 18.5 Å². The fraction of sp³-hybridized carbons (Fsp3) is 0.438. The van der Waals surface area contributed by atoms with Gasteiger partial charge in [0.25, 0.3) is 0 Å². The van der Waals surface area contributed by atoms with Gasteiger partial charge in [-0.3, -0.25) is 4.79 Å². The molecule has 1 aromatic rings. The molecule has 5 heteroatoms. The molecule has 0 spiro atoms. The smallest absolute Gasteiger partial charge is 0.227 e. The topological polar surface area (TPSA) is 58.6 Å². The Bertz CT molecular complexity index is 556. The molecule has 0 bridgehead atoms. The quantitative estimate of drug-likeness (QED) is 0.838. The van der Waals surface area contributed by atoms with Gasteiger partial charge in [0, 0.05) is 6.61 Å². The van der Waals surface area contributed by atoms with Crippen molar-refractivity contribution in [3.63, 3.8) is 0 Å². The monoisotopic (exact) mass is 291 g/mol. The Morgan fingerprint density at radius 3 is 3.05 bits per heavy atom. The highest BCUT2D eigenvalue weighted by Crippen LogP contribution is 2.19. The fourth-order valence-electron chi connectivity index (χ4n) is 2.24. The van der Waals surface area contributed by atoms with Crippen LogP contribution in [0.3, 0.4) is 0 Å². The zero-order valence-corrected chi connectivity index (χ0v) is 11.7. The van der Waals surface area contributed by atoms with Crippen LogP contribution in [0, 0.1) is 17.7 Å². The molecule has 112 valence electrons. The molecule has 2 rings (SSSR count). The van der Waals surface area contributed by atoms with Crippen molar-refractivity contribution in [2.45, 2.75) is 31.8 Å². The first-order valence-corrected chi connectivity index (χ1v) is 7.00. The highest BCUT2D eigenvalue weighted by atomic mass is 19.1. The number of hydrogen-bond donors (Lipinski definition) is 2. The zero-order valence-electron chi connectivity index (χ0n) is 11.7. The Labute approximate surface area is 123 Å². The number of nitrogens with one attached hydrogen (secondary N) is 1. The SMILES string of the molecule is O=C(CC1CCCCO1)Nc1ccc(F)cc1C#CCO. The summed E-state index contributed by atoms with van der Waals surface area (Å²) in [6.45, 7) is 0.377. The number of benzene rings is 1. The van der Waals surface area contributed by atoms with Crippen molar-refractivity contribution in [3.8, 4) is 11.8 Å². The summed E-state index contributed by atoms with van der Waals surface area (Å²) >= 11 is 0. The van der Waals surface area contributed by atoms with E-state index in [0.29, 0.717) is 17.9 Å². The van der Waals surface area contributed by atoms with E-state index in [-0.39, 0.29) is 25.0 Å². The first-order valence-electron chi connectivity index (χ1n) is 7.00. The fourth-order valence-corrected chi connectivity index (χ4v) is 2.24. The molecule has 21 heavy (non-hydrogen) atoms. The molecule has 0 aliphatic carbocycles. The van der Waals surface area contributed by atoms with Gasteiger partial charge in [0.1, 0.15) is 12.4 Å². The molecule has 1 aliphatic rings. The first-order chi connectivity index (χ1) is 10.2. The van der Waals surface area contributed by atoms with Crippen molar-refractivity contribution >= 4 is 11.6 Å². The summed E-state index contributed by atoms with van der Waals surface area (Å²) < 4.78 is 18.7. The molecule has 2 N–H and O–H groups in total. The minimum Gasteiger partial charge on any atom is -0.384 e. The molecule has 1 unspecified atom stereocenters. The molecule has 0 saturated carbocycles. The highest BCUT2D eigenvalue weighted by Gasteiger charge is 2.18. The number of carbonyl (C=O) groups excluding carboxylic acids is 1. The number of ether oxygens (including phenoxy) is 1. The third kappa shape index (κ3) is 4.85. The van der Waals surface area contributed by atoms with Crippen LogP contribution in [0.2, 0.25) is 0 Å². The molecule has 4 nitrogen and oxygen atoms in total. The summed E-state index contributed by atoms with van der Waals surface area (Å²) in [7, 11) is 0. The van der Waals surface area contributed by atoms with Crippen LogP contribution in [-0.4, -0.2) is 30.3 Å². The van der Waals surface area contributed by atoms with E-state index in [4.69, 9.17) is 9.84 Å². The van der Waals surface area contributed by atoms with E-state index < -0.39 is 5.82 Å². The predicted molar refractivity (Wildman–Crippen MR) is 77.2 cm³/mol. The zero-order chi connectivity index (χ0) is 15.1. The van der Waals surface area contributed by atoms with Gasteiger partial charge in [-0.05, 0) is 37.5 Å². The Balaban J connectivity index is 2.02. The maximum absolute atomic E-state index is 13.2. The number of anilines is 1. The second kappa shape index (κ2) is 7.77. The second-order valence-corrected chi connectivity index (χ2v) is 4.89. The number of aliphatic hydroxyl groups excluding tert-OH is 1. The lowest BCUT2D eigenvalue weighted by Crippen LogP contribution is -2.25. The summed E-state index contributed by atoms with van der Waals surface area (Å²) in [5.74, 6) is 4.46. The molecule has 1 amide bonds. The van der Waals surface area contributed by atoms with Gasteiger partial charge in [-0.15, -0.1) is 0 Å². The number of halogens is 1. The third-order valence-corrected chi connectivity index (χ3v) is 3.24. The van der Waals surface area contributed by atoms with E-state index >= 15 is 0 Å². The number of amides is 1. The van der Waals surface area contributed by atoms with Crippen molar-refractivity contribution in [2.24, 2.45) is 0 Å². The average Bonchev–Trinajstić information content (AvgIpc) is 2.48. The maximum Gasteiger partial charge on any atom is 0.227 e. The van der Waals surface area contributed by atoms with Crippen LogP contribution in [-0.2, 0) is 9.53 Å². The number of rotatable bonds is 3. The molecular weight excluding hydrogens is 273 g/mol. The van der Waals surface area contributed by atoms with Crippen molar-refractivity contribution in [1.29, 1.82) is 0 Å². The summed E-state index contributed by atoms with van der Waals surface area (Å²) in [5, 5.41) is 11.4.